The molecule has 0 aromatic heterocycles. The van der Waals surface area contributed by atoms with Crippen molar-refractivity contribution in [1.82, 2.24) is 0 Å². The summed E-state index contributed by atoms with van der Waals surface area (Å²) in [5.74, 6) is 0. The van der Waals surface area contributed by atoms with E-state index in [1.165, 1.54) is 12.1 Å². The molecule has 1 N–H and O–H groups in total. The van der Waals surface area contributed by atoms with Gasteiger partial charge in [0, 0.05) is 6.26 Å². The highest BCUT2D eigenvalue weighted by atomic mass is 32.2. The quantitative estimate of drug-likeness (QED) is 0.748. The Hall–Kier alpha value is -1.66. The van der Waals surface area contributed by atoms with Crippen LogP contribution in [0.2, 0.25) is 0 Å². The fraction of sp³-hybridized carbons (Fsp3) is 0.0769. The fourth-order valence-corrected chi connectivity index (χ4v) is 3.90. The summed E-state index contributed by atoms with van der Waals surface area (Å²) in [6, 6.07) is 11.9. The molecule has 0 spiro atoms. The van der Waals surface area contributed by atoms with Crippen LogP contribution in [0.3, 0.4) is 0 Å². The van der Waals surface area contributed by atoms with Gasteiger partial charge in [-0.1, -0.05) is 12.1 Å². The molecule has 0 fully saturated rings. The number of sulfone groups is 1. The number of benzene rings is 2. The Morgan fingerprint density at radius 2 is 1.68 bits per heavy atom. The summed E-state index contributed by atoms with van der Waals surface area (Å²) in [6.07, 6.45) is 1.16. The molecule has 98 valence electrons. The second-order valence-corrected chi connectivity index (χ2v) is 7.75. The molecule has 19 heavy (non-hydrogen) atoms. The van der Waals surface area contributed by atoms with Crippen molar-refractivity contribution in [3.8, 4) is 0 Å². The molecule has 1 aliphatic heterocycles. The summed E-state index contributed by atoms with van der Waals surface area (Å²) in [7, 11) is -4.55. The first-order valence-corrected chi connectivity index (χ1v) is 8.63. The summed E-state index contributed by atoms with van der Waals surface area (Å²) >= 11 is 0. The highest BCUT2D eigenvalue weighted by molar-refractivity contribution is 7.90. The number of nitrogens with one attached hydrogen (secondary N) is 1. The SMILES string of the molecule is CS(=O)(=O)c1ccc2c(c1)Nc1ccccc1S2=O. The molecule has 0 saturated carbocycles. The molecular weight excluding hydrogens is 282 g/mol. The van der Waals surface area contributed by atoms with Gasteiger partial charge < -0.3 is 5.32 Å². The lowest BCUT2D eigenvalue weighted by molar-refractivity contribution is 0.601. The largest absolute Gasteiger partial charge is 0.353 e. The maximum atomic E-state index is 12.4. The molecule has 3 rings (SSSR count). The standard InChI is InChI=1S/C13H11NO3S2/c1-19(16,17)9-6-7-13-11(8-9)14-10-4-2-3-5-12(10)18(13)15/h2-8,14H,1H3. The molecule has 1 atom stereocenters. The first-order valence-electron chi connectivity index (χ1n) is 5.59. The third-order valence-corrected chi connectivity index (χ3v) is 5.56. The smallest absolute Gasteiger partial charge is 0.175 e. The van der Waals surface area contributed by atoms with Crippen LogP contribution in [0.25, 0.3) is 0 Å². The zero-order chi connectivity index (χ0) is 13.6. The topological polar surface area (TPSA) is 63.2 Å². The van der Waals surface area contributed by atoms with Gasteiger partial charge in [-0.05, 0) is 30.3 Å². The van der Waals surface area contributed by atoms with Crippen LogP contribution in [-0.4, -0.2) is 18.9 Å². The predicted octanol–water partition coefficient (Wildman–Crippen LogP) is 2.31. The van der Waals surface area contributed by atoms with E-state index in [9.17, 15) is 12.6 Å². The monoisotopic (exact) mass is 293 g/mol. The molecule has 1 heterocycles. The molecule has 4 nitrogen and oxygen atoms in total. The lowest BCUT2D eigenvalue weighted by atomic mass is 10.2. The van der Waals surface area contributed by atoms with Gasteiger partial charge in [-0.25, -0.2) is 12.6 Å². The fourth-order valence-electron chi connectivity index (χ4n) is 1.99. The van der Waals surface area contributed by atoms with Gasteiger partial charge in [-0.3, -0.25) is 0 Å². The van der Waals surface area contributed by atoms with Crippen LogP contribution in [0.5, 0.6) is 0 Å². The van der Waals surface area contributed by atoms with Gasteiger partial charge >= 0.3 is 0 Å². The van der Waals surface area contributed by atoms with Gasteiger partial charge in [0.05, 0.1) is 36.9 Å². The first kappa shape index (κ1) is 12.4. The van der Waals surface area contributed by atoms with Crippen molar-refractivity contribution in [3.63, 3.8) is 0 Å². The zero-order valence-electron chi connectivity index (χ0n) is 10.1. The van der Waals surface area contributed by atoms with E-state index in [-0.39, 0.29) is 4.90 Å². The maximum Gasteiger partial charge on any atom is 0.175 e. The van der Waals surface area contributed by atoms with E-state index in [4.69, 9.17) is 0 Å². The van der Waals surface area contributed by atoms with E-state index in [1.54, 1.807) is 12.1 Å². The molecular formula is C13H11NO3S2. The number of fused-ring (bicyclic) bond motifs is 2. The average molecular weight is 293 g/mol. The summed E-state index contributed by atoms with van der Waals surface area (Å²) in [4.78, 5) is 1.53. The van der Waals surface area contributed by atoms with Crippen molar-refractivity contribution in [1.29, 1.82) is 0 Å². The van der Waals surface area contributed by atoms with Gasteiger partial charge in [0.1, 0.15) is 0 Å². The van der Waals surface area contributed by atoms with Crippen molar-refractivity contribution < 1.29 is 12.6 Å². The first-order chi connectivity index (χ1) is 8.97. The lowest BCUT2D eigenvalue weighted by Crippen LogP contribution is -2.09. The molecule has 1 aliphatic rings. The molecule has 0 radical (unpaired) electrons. The number of anilines is 2. The Kier molecular flexibility index (Phi) is 2.72. The van der Waals surface area contributed by atoms with Crippen LogP contribution in [-0.2, 0) is 20.6 Å². The third-order valence-electron chi connectivity index (χ3n) is 2.94. The third kappa shape index (κ3) is 2.06. The van der Waals surface area contributed by atoms with Gasteiger partial charge in [-0.15, -0.1) is 0 Å². The molecule has 6 heteroatoms. The van der Waals surface area contributed by atoms with Crippen LogP contribution in [0.1, 0.15) is 0 Å². The second-order valence-electron chi connectivity index (χ2n) is 4.32. The lowest BCUT2D eigenvalue weighted by Gasteiger charge is -2.21. The number of hydrogen-bond donors (Lipinski definition) is 1. The molecule has 0 saturated heterocycles. The summed E-state index contributed by atoms with van der Waals surface area (Å²) in [6.45, 7) is 0. The van der Waals surface area contributed by atoms with E-state index in [0.29, 0.717) is 15.5 Å². The van der Waals surface area contributed by atoms with E-state index in [2.05, 4.69) is 5.32 Å². The summed E-state index contributed by atoms with van der Waals surface area (Å²) < 4.78 is 35.5. The van der Waals surface area contributed by atoms with Crippen molar-refractivity contribution in [2.75, 3.05) is 11.6 Å². The van der Waals surface area contributed by atoms with Gasteiger partial charge in [0.15, 0.2) is 9.84 Å². The summed E-state index contributed by atoms with van der Waals surface area (Å²) in [5, 5.41) is 3.13. The maximum absolute atomic E-state index is 12.4. The highest BCUT2D eigenvalue weighted by Crippen LogP contribution is 2.37. The average Bonchev–Trinajstić information content (AvgIpc) is 2.37. The number of rotatable bonds is 1. The minimum absolute atomic E-state index is 0.218. The van der Waals surface area contributed by atoms with Crippen LogP contribution < -0.4 is 5.32 Å². The van der Waals surface area contributed by atoms with Crippen LogP contribution in [0.15, 0.2) is 57.2 Å². The predicted molar refractivity (Wildman–Crippen MR) is 74.0 cm³/mol. The van der Waals surface area contributed by atoms with E-state index < -0.39 is 20.6 Å². The summed E-state index contributed by atoms with van der Waals surface area (Å²) in [5.41, 5.74) is 1.33. The van der Waals surface area contributed by atoms with Gasteiger partial charge in [0.25, 0.3) is 0 Å². The van der Waals surface area contributed by atoms with E-state index in [0.717, 1.165) is 11.9 Å². The molecule has 0 amide bonds. The Labute approximate surface area is 113 Å². The molecule has 2 aromatic carbocycles. The van der Waals surface area contributed by atoms with Crippen LogP contribution in [0, 0.1) is 0 Å². The molecule has 0 bridgehead atoms. The normalized spacial score (nSPS) is 17.2. The Balaban J connectivity index is 2.19. The molecule has 1 unspecified atom stereocenters. The minimum Gasteiger partial charge on any atom is -0.353 e. The molecule has 0 aliphatic carbocycles. The second kappa shape index (κ2) is 4.18. The Morgan fingerprint density at radius 3 is 2.42 bits per heavy atom. The van der Waals surface area contributed by atoms with Crippen LogP contribution >= 0.6 is 0 Å². The van der Waals surface area contributed by atoms with Crippen molar-refractivity contribution in [3.05, 3.63) is 42.5 Å². The molecule has 2 aromatic rings. The van der Waals surface area contributed by atoms with Crippen molar-refractivity contribution in [2.45, 2.75) is 14.7 Å². The number of hydrogen-bond acceptors (Lipinski definition) is 4. The van der Waals surface area contributed by atoms with E-state index >= 15 is 0 Å². The van der Waals surface area contributed by atoms with Gasteiger partial charge in [-0.2, -0.15) is 0 Å². The minimum atomic E-state index is -3.27. The van der Waals surface area contributed by atoms with Crippen molar-refractivity contribution >= 4 is 32.0 Å². The Bertz CT molecular complexity index is 797. The van der Waals surface area contributed by atoms with E-state index in [1.807, 2.05) is 18.2 Å². The highest BCUT2D eigenvalue weighted by Gasteiger charge is 2.22. The van der Waals surface area contributed by atoms with Crippen LogP contribution in [0.4, 0.5) is 11.4 Å². The zero-order valence-corrected chi connectivity index (χ0v) is 11.7. The number of para-hydroxylation sites is 1. The van der Waals surface area contributed by atoms with Gasteiger partial charge in [0.2, 0.25) is 0 Å². The van der Waals surface area contributed by atoms with Crippen molar-refractivity contribution in [2.24, 2.45) is 0 Å². The Morgan fingerprint density at radius 1 is 1.00 bits per heavy atom.